The van der Waals surface area contributed by atoms with E-state index in [1.54, 1.807) is 36.8 Å². The number of aliphatic hydroxyl groups is 1. The summed E-state index contributed by atoms with van der Waals surface area (Å²) >= 11 is 0. The number of aryl methyl sites for hydroxylation is 1. The number of benzene rings is 2. The molecule has 2 heterocycles. The number of rotatable bonds is 17. The molecule has 0 bridgehead atoms. The van der Waals surface area contributed by atoms with E-state index in [0.717, 1.165) is 22.4 Å². The minimum atomic E-state index is -1.33. The Hall–Kier alpha value is -4.97. The number of pyridine rings is 1. The van der Waals surface area contributed by atoms with E-state index >= 15 is 0 Å². The summed E-state index contributed by atoms with van der Waals surface area (Å²) in [6.07, 6.45) is 0.682. The zero-order valence-electron chi connectivity index (χ0n) is 31.8. The van der Waals surface area contributed by atoms with E-state index in [9.17, 15) is 29.4 Å². The molecule has 12 heteroatoms. The molecular weight excluding hydrogens is 672 g/mol. The summed E-state index contributed by atoms with van der Waals surface area (Å²) in [5.41, 5.74) is 2.87. The second kappa shape index (κ2) is 18.7. The molecule has 1 saturated heterocycles. The number of amides is 5. The Balaban J connectivity index is 1.59. The van der Waals surface area contributed by atoms with Crippen LogP contribution in [0.1, 0.15) is 69.8 Å². The molecule has 6 atom stereocenters. The molecule has 286 valence electrons. The fourth-order valence-corrected chi connectivity index (χ4v) is 6.88. The average Bonchev–Trinajstić information content (AvgIpc) is 3.46. The number of aliphatic hydroxyl groups excluding tert-OH is 1. The maximum atomic E-state index is 14.4. The van der Waals surface area contributed by atoms with Crippen molar-refractivity contribution in [1.29, 1.82) is 0 Å². The van der Waals surface area contributed by atoms with Gasteiger partial charge in [-0.1, -0.05) is 108 Å². The number of hydrogen-bond acceptors (Lipinski definition) is 6. The maximum Gasteiger partial charge on any atom is 0.405 e. The highest BCUT2D eigenvalue weighted by atomic mass is 16.4. The zero-order chi connectivity index (χ0) is 38.7. The second-order valence-corrected chi connectivity index (χ2v) is 15.2. The molecule has 3 aromatic rings. The lowest BCUT2D eigenvalue weighted by Gasteiger charge is -2.35. The van der Waals surface area contributed by atoms with Gasteiger partial charge in [0.05, 0.1) is 12.1 Å². The standard InChI is InChI=1S/C41H56N6O6/c1-7-27(2)35(47-22-21-46(40(47)53)26-31-19-14-20-42-28(31)3)37(49)43-32(23-29-15-10-8-11-16-29)25-34(48)33(24-30-17-12-9-13-18-30)44-38(50)36(41(4,5)6)45-39(51)52/h8-20,27,32-36,45,48H,7,21-26H2,1-6H3,(H,43,49)(H,44,50)(H,51,52)/t27?,32-,33-,34-,35-,36+/m0/s1. The van der Waals surface area contributed by atoms with Crippen molar-refractivity contribution in [3.8, 4) is 0 Å². The molecule has 4 rings (SSSR count). The van der Waals surface area contributed by atoms with Crippen LogP contribution in [0.3, 0.4) is 0 Å². The summed E-state index contributed by atoms with van der Waals surface area (Å²) in [7, 11) is 0. The summed E-state index contributed by atoms with van der Waals surface area (Å²) in [5.74, 6) is -1.01. The van der Waals surface area contributed by atoms with Crippen LogP contribution in [0.25, 0.3) is 0 Å². The van der Waals surface area contributed by atoms with Crippen LogP contribution in [0, 0.1) is 18.3 Å². The predicted molar refractivity (Wildman–Crippen MR) is 204 cm³/mol. The molecule has 1 aromatic heterocycles. The van der Waals surface area contributed by atoms with Gasteiger partial charge in [0.15, 0.2) is 0 Å². The van der Waals surface area contributed by atoms with Crippen LogP contribution in [0.2, 0.25) is 0 Å². The van der Waals surface area contributed by atoms with E-state index in [4.69, 9.17) is 0 Å². The quantitative estimate of drug-likeness (QED) is 0.132. The third kappa shape index (κ3) is 11.5. The van der Waals surface area contributed by atoms with Crippen molar-refractivity contribution < 1.29 is 29.4 Å². The fraction of sp³-hybridized carbons (Fsp3) is 0.488. The first-order valence-electron chi connectivity index (χ1n) is 18.5. The first-order chi connectivity index (χ1) is 25.2. The monoisotopic (exact) mass is 728 g/mol. The van der Waals surface area contributed by atoms with Gasteiger partial charge >= 0.3 is 12.1 Å². The summed E-state index contributed by atoms with van der Waals surface area (Å²) < 4.78 is 0. The van der Waals surface area contributed by atoms with Crippen LogP contribution in [0.5, 0.6) is 0 Å². The van der Waals surface area contributed by atoms with Gasteiger partial charge < -0.3 is 36.0 Å². The molecule has 5 amide bonds. The lowest BCUT2D eigenvalue weighted by atomic mass is 9.85. The van der Waals surface area contributed by atoms with Gasteiger partial charge in [0.1, 0.15) is 12.1 Å². The number of urea groups is 1. The molecule has 53 heavy (non-hydrogen) atoms. The SMILES string of the molecule is CCC(C)[C@@H](C(=O)N[C@@H](Cc1ccccc1)C[C@H](O)[C@H](Cc1ccccc1)NC(=O)[C@@H](NC(=O)O)C(C)(C)C)N1CCN(Cc2cccnc2C)C1=O. The second-order valence-electron chi connectivity index (χ2n) is 15.2. The highest BCUT2D eigenvalue weighted by Crippen LogP contribution is 2.25. The Labute approximate surface area is 313 Å². The number of aromatic nitrogens is 1. The number of nitrogens with one attached hydrogen (secondary N) is 3. The van der Waals surface area contributed by atoms with Crippen LogP contribution in [-0.2, 0) is 29.0 Å². The molecule has 0 radical (unpaired) electrons. The predicted octanol–water partition coefficient (Wildman–Crippen LogP) is 4.93. The average molecular weight is 729 g/mol. The first-order valence-corrected chi connectivity index (χ1v) is 18.5. The van der Waals surface area contributed by atoms with E-state index in [1.165, 1.54) is 0 Å². The minimum Gasteiger partial charge on any atom is -0.465 e. The molecule has 1 fully saturated rings. The summed E-state index contributed by atoms with van der Waals surface area (Å²) in [6.45, 7) is 12.4. The third-order valence-corrected chi connectivity index (χ3v) is 10.1. The molecule has 2 aromatic carbocycles. The fourth-order valence-electron chi connectivity index (χ4n) is 6.88. The Morgan fingerprint density at radius 1 is 0.868 bits per heavy atom. The van der Waals surface area contributed by atoms with Crippen LogP contribution < -0.4 is 16.0 Å². The molecule has 12 nitrogen and oxygen atoms in total. The Bertz CT molecular complexity index is 1670. The normalized spacial score (nSPS) is 16.6. The molecule has 1 unspecified atom stereocenters. The highest BCUT2D eigenvalue weighted by molar-refractivity contribution is 5.88. The summed E-state index contributed by atoms with van der Waals surface area (Å²) in [4.78, 5) is 61.3. The number of carboxylic acid groups (broad SMARTS) is 1. The Morgan fingerprint density at radius 3 is 2.06 bits per heavy atom. The molecule has 1 aliphatic rings. The van der Waals surface area contributed by atoms with Crippen molar-refractivity contribution in [2.24, 2.45) is 11.3 Å². The Morgan fingerprint density at radius 2 is 1.49 bits per heavy atom. The van der Waals surface area contributed by atoms with E-state index in [2.05, 4.69) is 20.9 Å². The van der Waals surface area contributed by atoms with E-state index in [0.29, 0.717) is 32.5 Å². The van der Waals surface area contributed by atoms with Gasteiger partial charge in [0.25, 0.3) is 0 Å². The molecular formula is C41H56N6O6. The lowest BCUT2D eigenvalue weighted by molar-refractivity contribution is -0.129. The van der Waals surface area contributed by atoms with E-state index in [1.807, 2.05) is 93.6 Å². The van der Waals surface area contributed by atoms with Crippen molar-refractivity contribution in [3.05, 3.63) is 101 Å². The summed E-state index contributed by atoms with van der Waals surface area (Å²) in [6, 6.07) is 19.5. The Kier molecular flexibility index (Phi) is 14.4. The van der Waals surface area contributed by atoms with Crippen LogP contribution in [0.4, 0.5) is 9.59 Å². The minimum absolute atomic E-state index is 0.0819. The lowest BCUT2D eigenvalue weighted by Crippen LogP contribution is -2.58. The van der Waals surface area contributed by atoms with Gasteiger partial charge in [-0.3, -0.25) is 14.6 Å². The number of carbonyl (C=O) groups excluding carboxylic acids is 3. The van der Waals surface area contributed by atoms with Gasteiger partial charge in [0, 0.05) is 37.6 Å². The van der Waals surface area contributed by atoms with Crippen molar-refractivity contribution >= 4 is 23.9 Å². The molecule has 0 saturated carbocycles. The van der Waals surface area contributed by atoms with Crippen molar-refractivity contribution in [1.82, 2.24) is 30.7 Å². The van der Waals surface area contributed by atoms with Crippen molar-refractivity contribution in [3.63, 3.8) is 0 Å². The van der Waals surface area contributed by atoms with Crippen LogP contribution in [0.15, 0.2) is 79.0 Å². The van der Waals surface area contributed by atoms with E-state index in [-0.39, 0.29) is 30.7 Å². The number of carbonyl (C=O) groups is 4. The van der Waals surface area contributed by atoms with Gasteiger partial charge in [-0.05, 0) is 60.3 Å². The van der Waals surface area contributed by atoms with Gasteiger partial charge in [0.2, 0.25) is 11.8 Å². The van der Waals surface area contributed by atoms with Crippen molar-refractivity contribution in [2.75, 3.05) is 13.1 Å². The highest BCUT2D eigenvalue weighted by Gasteiger charge is 2.41. The smallest absolute Gasteiger partial charge is 0.405 e. The summed E-state index contributed by atoms with van der Waals surface area (Å²) in [5, 5.41) is 29.9. The van der Waals surface area contributed by atoms with Crippen LogP contribution in [-0.4, -0.2) is 92.3 Å². The largest absolute Gasteiger partial charge is 0.465 e. The maximum absolute atomic E-state index is 14.4. The van der Waals surface area contributed by atoms with Crippen LogP contribution >= 0.6 is 0 Å². The van der Waals surface area contributed by atoms with Crippen molar-refractivity contribution in [2.45, 2.75) is 104 Å². The molecule has 0 spiro atoms. The number of hydrogen-bond donors (Lipinski definition) is 5. The molecule has 0 aliphatic carbocycles. The van der Waals surface area contributed by atoms with Gasteiger partial charge in [-0.25, -0.2) is 9.59 Å². The van der Waals surface area contributed by atoms with Gasteiger partial charge in [-0.15, -0.1) is 0 Å². The zero-order valence-corrected chi connectivity index (χ0v) is 31.8. The molecule has 5 N–H and O–H groups in total. The van der Waals surface area contributed by atoms with Gasteiger partial charge in [-0.2, -0.15) is 0 Å². The van der Waals surface area contributed by atoms with E-state index < -0.39 is 47.7 Å². The topological polar surface area (TPSA) is 164 Å². The first kappa shape index (κ1) is 40.8. The molecule has 1 aliphatic heterocycles. The number of nitrogens with zero attached hydrogens (tertiary/aromatic N) is 3. The third-order valence-electron chi connectivity index (χ3n) is 10.1.